The van der Waals surface area contributed by atoms with Crippen LogP contribution in [0.3, 0.4) is 0 Å². The van der Waals surface area contributed by atoms with E-state index < -0.39 is 0 Å². The molecular formula is C13H16ClN3OS. The number of benzene rings is 1. The van der Waals surface area contributed by atoms with Gasteiger partial charge in [0.15, 0.2) is 5.82 Å². The number of halogens is 1. The van der Waals surface area contributed by atoms with Gasteiger partial charge >= 0.3 is 0 Å². The smallest absolute Gasteiger partial charge is 0.237 e. The Hall–Kier alpha value is -1.20. The molecule has 2 aromatic rings. The van der Waals surface area contributed by atoms with Crippen molar-refractivity contribution < 1.29 is 4.52 Å². The van der Waals surface area contributed by atoms with Crippen LogP contribution in [0, 0.1) is 0 Å². The number of aromatic nitrogens is 2. The summed E-state index contributed by atoms with van der Waals surface area (Å²) in [5.41, 5.74) is 6.15. The maximum absolute atomic E-state index is 5.97. The van der Waals surface area contributed by atoms with Gasteiger partial charge in [-0.05, 0) is 18.2 Å². The standard InChI is InChI=1S/C13H16ClN3OS/c1-13(2,3)12-16-11(18-17-12)7-19-8-4-5-10(15)9(14)6-8/h4-6H,7,15H2,1-3H3. The first-order valence-electron chi connectivity index (χ1n) is 5.87. The van der Waals surface area contributed by atoms with Gasteiger partial charge in [0.05, 0.1) is 16.5 Å². The van der Waals surface area contributed by atoms with Crippen LogP contribution in [0.1, 0.15) is 32.5 Å². The van der Waals surface area contributed by atoms with Crippen LogP contribution >= 0.6 is 23.4 Å². The van der Waals surface area contributed by atoms with E-state index in [4.69, 9.17) is 21.9 Å². The molecular weight excluding hydrogens is 282 g/mol. The summed E-state index contributed by atoms with van der Waals surface area (Å²) in [6.45, 7) is 6.15. The Morgan fingerprint density at radius 3 is 2.68 bits per heavy atom. The molecule has 0 aliphatic heterocycles. The average Bonchev–Trinajstić information content (AvgIpc) is 2.79. The molecule has 4 nitrogen and oxygen atoms in total. The lowest BCUT2D eigenvalue weighted by Gasteiger charge is -2.10. The topological polar surface area (TPSA) is 64.9 Å². The summed E-state index contributed by atoms with van der Waals surface area (Å²) in [4.78, 5) is 5.40. The van der Waals surface area contributed by atoms with Gasteiger partial charge in [-0.3, -0.25) is 0 Å². The molecule has 0 amide bonds. The predicted octanol–water partition coefficient (Wildman–Crippen LogP) is 3.90. The first-order chi connectivity index (χ1) is 8.86. The Morgan fingerprint density at radius 2 is 2.11 bits per heavy atom. The van der Waals surface area contributed by atoms with E-state index in [-0.39, 0.29) is 5.41 Å². The minimum atomic E-state index is -0.100. The fraction of sp³-hybridized carbons (Fsp3) is 0.385. The van der Waals surface area contributed by atoms with Crippen molar-refractivity contribution in [3.63, 3.8) is 0 Å². The Bertz CT molecular complexity index is 578. The van der Waals surface area contributed by atoms with E-state index in [1.54, 1.807) is 17.8 Å². The van der Waals surface area contributed by atoms with Gasteiger partial charge in [-0.25, -0.2) is 0 Å². The van der Waals surface area contributed by atoms with Crippen molar-refractivity contribution in [1.29, 1.82) is 0 Å². The first-order valence-corrected chi connectivity index (χ1v) is 7.23. The molecule has 1 aromatic heterocycles. The van der Waals surface area contributed by atoms with Crippen LogP contribution in [-0.2, 0) is 11.2 Å². The van der Waals surface area contributed by atoms with E-state index in [0.717, 1.165) is 10.7 Å². The van der Waals surface area contributed by atoms with Crippen molar-refractivity contribution in [3.05, 3.63) is 34.9 Å². The predicted molar refractivity (Wildman–Crippen MR) is 78.4 cm³/mol. The van der Waals surface area contributed by atoms with E-state index in [2.05, 4.69) is 30.9 Å². The number of anilines is 1. The number of nitrogen functional groups attached to an aromatic ring is 1. The van der Waals surface area contributed by atoms with Crippen LogP contribution < -0.4 is 5.73 Å². The van der Waals surface area contributed by atoms with Gasteiger partial charge in [-0.15, -0.1) is 11.8 Å². The second-order valence-electron chi connectivity index (χ2n) is 5.23. The molecule has 0 bridgehead atoms. The third-order valence-electron chi connectivity index (χ3n) is 2.47. The highest BCUT2D eigenvalue weighted by Crippen LogP contribution is 2.28. The summed E-state index contributed by atoms with van der Waals surface area (Å²) < 4.78 is 5.23. The van der Waals surface area contributed by atoms with Crippen LogP contribution in [0.2, 0.25) is 5.02 Å². The second kappa shape index (κ2) is 5.43. The van der Waals surface area contributed by atoms with Crippen LogP contribution in [0.5, 0.6) is 0 Å². The Balaban J connectivity index is 2.02. The van der Waals surface area contributed by atoms with Crippen molar-refractivity contribution in [1.82, 2.24) is 10.1 Å². The lowest BCUT2D eigenvalue weighted by Crippen LogP contribution is -2.13. The molecule has 0 saturated heterocycles. The zero-order valence-corrected chi connectivity index (χ0v) is 12.7. The number of rotatable bonds is 3. The lowest BCUT2D eigenvalue weighted by molar-refractivity contribution is 0.373. The lowest BCUT2D eigenvalue weighted by atomic mass is 9.96. The van der Waals surface area contributed by atoms with Gasteiger partial charge in [-0.2, -0.15) is 4.98 Å². The molecule has 0 aliphatic carbocycles. The van der Waals surface area contributed by atoms with Crippen molar-refractivity contribution in [2.45, 2.75) is 36.8 Å². The Labute approximate surface area is 121 Å². The molecule has 0 radical (unpaired) electrons. The van der Waals surface area contributed by atoms with Gasteiger partial charge < -0.3 is 10.3 Å². The van der Waals surface area contributed by atoms with E-state index in [1.165, 1.54) is 0 Å². The summed E-state index contributed by atoms with van der Waals surface area (Å²) in [5, 5.41) is 4.55. The molecule has 0 atom stereocenters. The van der Waals surface area contributed by atoms with Crippen LogP contribution in [0.4, 0.5) is 5.69 Å². The second-order valence-corrected chi connectivity index (χ2v) is 6.69. The number of nitrogens with zero attached hydrogens (tertiary/aromatic N) is 2. The maximum Gasteiger partial charge on any atom is 0.237 e. The molecule has 0 spiro atoms. The van der Waals surface area contributed by atoms with Gasteiger partial charge in [0.2, 0.25) is 5.89 Å². The molecule has 0 fully saturated rings. The number of thioether (sulfide) groups is 1. The molecule has 19 heavy (non-hydrogen) atoms. The van der Waals surface area contributed by atoms with Gasteiger partial charge in [-0.1, -0.05) is 37.5 Å². The van der Waals surface area contributed by atoms with Crippen LogP contribution in [0.25, 0.3) is 0 Å². The SMILES string of the molecule is CC(C)(C)c1noc(CSc2ccc(N)c(Cl)c2)n1. The normalized spacial score (nSPS) is 11.8. The molecule has 1 aromatic carbocycles. The highest BCUT2D eigenvalue weighted by Gasteiger charge is 2.20. The monoisotopic (exact) mass is 297 g/mol. The minimum Gasteiger partial charge on any atom is -0.398 e. The third kappa shape index (κ3) is 3.64. The van der Waals surface area contributed by atoms with Crippen LogP contribution in [-0.4, -0.2) is 10.1 Å². The molecule has 2 rings (SSSR count). The third-order valence-corrected chi connectivity index (χ3v) is 3.78. The highest BCUT2D eigenvalue weighted by atomic mass is 35.5. The van der Waals surface area contributed by atoms with Crippen molar-refractivity contribution in [3.8, 4) is 0 Å². The number of hydrogen-bond acceptors (Lipinski definition) is 5. The van der Waals surface area contributed by atoms with Crippen molar-refractivity contribution >= 4 is 29.1 Å². The van der Waals surface area contributed by atoms with Gasteiger partial charge in [0.1, 0.15) is 0 Å². The Kier molecular flexibility index (Phi) is 4.06. The molecule has 1 heterocycles. The summed E-state index contributed by atoms with van der Waals surface area (Å²) in [7, 11) is 0. The van der Waals surface area contributed by atoms with E-state index in [0.29, 0.717) is 22.4 Å². The van der Waals surface area contributed by atoms with Crippen molar-refractivity contribution in [2.24, 2.45) is 0 Å². The maximum atomic E-state index is 5.97. The number of hydrogen-bond donors (Lipinski definition) is 1. The molecule has 102 valence electrons. The zero-order chi connectivity index (χ0) is 14.0. The fourth-order valence-electron chi connectivity index (χ4n) is 1.36. The average molecular weight is 298 g/mol. The summed E-state index contributed by atoms with van der Waals surface area (Å²) in [5.74, 6) is 1.95. The summed E-state index contributed by atoms with van der Waals surface area (Å²) >= 11 is 7.55. The molecule has 2 N–H and O–H groups in total. The zero-order valence-electron chi connectivity index (χ0n) is 11.1. The summed E-state index contributed by atoms with van der Waals surface area (Å²) in [6, 6.07) is 5.55. The van der Waals surface area contributed by atoms with Crippen LogP contribution in [0.15, 0.2) is 27.6 Å². The highest BCUT2D eigenvalue weighted by molar-refractivity contribution is 7.98. The Morgan fingerprint density at radius 1 is 1.37 bits per heavy atom. The van der Waals surface area contributed by atoms with E-state index in [1.807, 2.05) is 12.1 Å². The molecule has 6 heteroatoms. The van der Waals surface area contributed by atoms with Crippen molar-refractivity contribution in [2.75, 3.05) is 5.73 Å². The van der Waals surface area contributed by atoms with Gasteiger partial charge in [0.25, 0.3) is 0 Å². The summed E-state index contributed by atoms with van der Waals surface area (Å²) in [6.07, 6.45) is 0. The molecule has 0 unspecified atom stereocenters. The van der Waals surface area contributed by atoms with Gasteiger partial charge in [0, 0.05) is 10.3 Å². The largest absolute Gasteiger partial charge is 0.398 e. The first kappa shape index (κ1) is 14.2. The van der Waals surface area contributed by atoms with E-state index >= 15 is 0 Å². The number of nitrogens with two attached hydrogens (primary N) is 1. The quantitative estimate of drug-likeness (QED) is 0.687. The fourth-order valence-corrected chi connectivity index (χ4v) is 2.38. The molecule has 0 saturated carbocycles. The minimum absolute atomic E-state index is 0.100. The molecule has 0 aliphatic rings. The van der Waals surface area contributed by atoms with E-state index in [9.17, 15) is 0 Å².